The van der Waals surface area contributed by atoms with Gasteiger partial charge < -0.3 is 20.7 Å². The largest absolute Gasteiger partial charge is 0.444 e. The van der Waals surface area contributed by atoms with E-state index in [0.29, 0.717) is 12.0 Å². The van der Waals surface area contributed by atoms with Gasteiger partial charge in [-0.2, -0.15) is 4.98 Å². The van der Waals surface area contributed by atoms with Crippen molar-refractivity contribution in [3.8, 4) is 0 Å². The molecule has 1 saturated carbocycles. The maximum atomic E-state index is 11.8. The Morgan fingerprint density at radius 1 is 1.41 bits per heavy atom. The van der Waals surface area contributed by atoms with Gasteiger partial charge in [-0.15, -0.1) is 0 Å². The zero-order valence-electron chi connectivity index (χ0n) is 16.2. The Hall–Kier alpha value is -2.65. The predicted molar refractivity (Wildman–Crippen MR) is 102 cm³/mol. The molecule has 1 atom stereocenters. The molecule has 0 radical (unpaired) electrons. The summed E-state index contributed by atoms with van der Waals surface area (Å²) in [5.74, 6) is 0.482. The number of amides is 1. The fourth-order valence-corrected chi connectivity index (χ4v) is 2.77. The number of ether oxygens (including phenoxy) is 1. The van der Waals surface area contributed by atoms with Crippen molar-refractivity contribution in [1.29, 1.82) is 0 Å². The van der Waals surface area contributed by atoms with Crippen LogP contribution in [-0.4, -0.2) is 45.2 Å². The number of carbonyl (C=O) groups is 1. The van der Waals surface area contributed by atoms with Crippen LogP contribution in [0.15, 0.2) is 6.20 Å². The molecule has 1 amide bonds. The number of alkyl carbamates (subject to hydrolysis) is 1. The Balaban J connectivity index is 1.98. The van der Waals surface area contributed by atoms with Crippen molar-refractivity contribution in [3.63, 3.8) is 0 Å². The third kappa shape index (κ3) is 6.87. The highest BCUT2D eigenvalue weighted by molar-refractivity contribution is 5.68. The van der Waals surface area contributed by atoms with Crippen molar-refractivity contribution >= 4 is 23.5 Å². The standard InChI is InChI=1S/C17H28N6O4/c1-11(20-16(24)27-17(2,3)4)9-18-14-13(23(25)26)10-19-15(22-14)21-12-7-5-6-8-12/h10-12H,5-9H2,1-4H3,(H,20,24)(H2,18,19,21,22). The van der Waals surface area contributed by atoms with Crippen molar-refractivity contribution in [2.24, 2.45) is 0 Å². The molecule has 10 heteroatoms. The quantitative estimate of drug-likeness (QED) is 0.486. The van der Waals surface area contributed by atoms with Gasteiger partial charge in [-0.3, -0.25) is 10.1 Å². The number of aromatic nitrogens is 2. The van der Waals surface area contributed by atoms with E-state index in [1.807, 2.05) is 0 Å². The lowest BCUT2D eigenvalue weighted by molar-refractivity contribution is -0.384. The summed E-state index contributed by atoms with van der Waals surface area (Å²) in [4.78, 5) is 30.8. The van der Waals surface area contributed by atoms with Gasteiger partial charge in [0.2, 0.25) is 11.8 Å². The molecule has 0 aromatic carbocycles. The number of nitro groups is 1. The zero-order valence-corrected chi connectivity index (χ0v) is 16.2. The van der Waals surface area contributed by atoms with E-state index in [9.17, 15) is 14.9 Å². The van der Waals surface area contributed by atoms with Gasteiger partial charge in [0.15, 0.2) is 0 Å². The topological polar surface area (TPSA) is 131 Å². The number of carbonyl (C=O) groups excluding carboxylic acids is 1. The second-order valence-corrected chi connectivity index (χ2v) is 7.74. The van der Waals surface area contributed by atoms with Crippen molar-refractivity contribution in [3.05, 3.63) is 16.3 Å². The summed E-state index contributed by atoms with van der Waals surface area (Å²) in [5.41, 5.74) is -0.805. The molecule has 1 heterocycles. The van der Waals surface area contributed by atoms with Crippen LogP contribution in [0.4, 0.5) is 22.2 Å². The summed E-state index contributed by atoms with van der Waals surface area (Å²) in [5, 5.41) is 20.1. The monoisotopic (exact) mass is 380 g/mol. The van der Waals surface area contributed by atoms with E-state index < -0.39 is 16.6 Å². The molecular weight excluding hydrogens is 352 g/mol. The minimum absolute atomic E-state index is 0.119. The van der Waals surface area contributed by atoms with Crippen LogP contribution < -0.4 is 16.0 Å². The molecule has 1 aromatic rings. The van der Waals surface area contributed by atoms with E-state index in [4.69, 9.17) is 4.74 Å². The average Bonchev–Trinajstić information content (AvgIpc) is 3.03. The van der Waals surface area contributed by atoms with E-state index in [1.54, 1.807) is 27.7 Å². The molecule has 1 fully saturated rings. The zero-order chi connectivity index (χ0) is 20.0. The van der Waals surface area contributed by atoms with Gasteiger partial charge in [-0.05, 0) is 40.5 Å². The van der Waals surface area contributed by atoms with Crippen molar-refractivity contribution < 1.29 is 14.5 Å². The smallest absolute Gasteiger partial charge is 0.407 e. The number of hydrogen-bond acceptors (Lipinski definition) is 8. The Labute approximate surface area is 158 Å². The summed E-state index contributed by atoms with van der Waals surface area (Å²) in [6, 6.07) is -0.0206. The molecular formula is C17H28N6O4. The summed E-state index contributed by atoms with van der Waals surface area (Å²) in [7, 11) is 0. The highest BCUT2D eigenvalue weighted by Crippen LogP contribution is 2.25. The van der Waals surface area contributed by atoms with Crippen LogP contribution in [0.1, 0.15) is 53.4 Å². The first kappa shape index (κ1) is 20.7. The Bertz CT molecular complexity index is 670. The Morgan fingerprint density at radius 2 is 2.07 bits per heavy atom. The molecule has 10 nitrogen and oxygen atoms in total. The third-order valence-corrected chi connectivity index (χ3v) is 3.99. The van der Waals surface area contributed by atoms with Crippen molar-refractivity contribution in [1.82, 2.24) is 15.3 Å². The van der Waals surface area contributed by atoms with Crippen LogP contribution in [0.3, 0.4) is 0 Å². The predicted octanol–water partition coefficient (Wildman–Crippen LogP) is 3.06. The highest BCUT2D eigenvalue weighted by atomic mass is 16.6. The van der Waals surface area contributed by atoms with Crippen LogP contribution >= 0.6 is 0 Å². The fraction of sp³-hybridized carbons (Fsp3) is 0.706. The number of anilines is 2. The van der Waals surface area contributed by atoms with E-state index in [2.05, 4.69) is 25.9 Å². The Kier molecular flexibility index (Phi) is 6.75. The molecule has 1 aliphatic rings. The first-order valence-electron chi connectivity index (χ1n) is 9.15. The van der Waals surface area contributed by atoms with Gasteiger partial charge in [0.1, 0.15) is 11.8 Å². The van der Waals surface area contributed by atoms with Crippen molar-refractivity contribution in [2.45, 2.75) is 71.1 Å². The van der Waals surface area contributed by atoms with Gasteiger partial charge in [0.25, 0.3) is 0 Å². The van der Waals surface area contributed by atoms with Gasteiger partial charge in [-0.25, -0.2) is 9.78 Å². The summed E-state index contributed by atoms with van der Waals surface area (Å²) >= 11 is 0. The second kappa shape index (κ2) is 8.83. The van der Waals surface area contributed by atoms with E-state index in [1.165, 1.54) is 6.20 Å². The van der Waals surface area contributed by atoms with Crippen LogP contribution in [0.25, 0.3) is 0 Å². The number of hydrogen-bond donors (Lipinski definition) is 3. The van der Waals surface area contributed by atoms with Crippen LogP contribution in [0, 0.1) is 10.1 Å². The molecule has 3 N–H and O–H groups in total. The minimum atomic E-state index is -0.594. The molecule has 0 aliphatic heterocycles. The lowest BCUT2D eigenvalue weighted by atomic mass is 10.2. The highest BCUT2D eigenvalue weighted by Gasteiger charge is 2.22. The van der Waals surface area contributed by atoms with Crippen LogP contribution in [0.5, 0.6) is 0 Å². The van der Waals surface area contributed by atoms with E-state index in [-0.39, 0.29) is 24.1 Å². The molecule has 1 unspecified atom stereocenters. The molecule has 150 valence electrons. The van der Waals surface area contributed by atoms with E-state index >= 15 is 0 Å². The molecule has 1 aliphatic carbocycles. The summed E-state index contributed by atoms with van der Waals surface area (Å²) in [6.45, 7) is 7.34. The molecule has 0 spiro atoms. The van der Waals surface area contributed by atoms with Gasteiger partial charge >= 0.3 is 11.8 Å². The molecule has 0 saturated heterocycles. The lowest BCUT2D eigenvalue weighted by Gasteiger charge is -2.22. The average molecular weight is 380 g/mol. The maximum Gasteiger partial charge on any atom is 0.407 e. The second-order valence-electron chi connectivity index (χ2n) is 7.74. The first-order valence-corrected chi connectivity index (χ1v) is 9.15. The lowest BCUT2D eigenvalue weighted by Crippen LogP contribution is -2.41. The third-order valence-electron chi connectivity index (χ3n) is 3.99. The normalized spacial score (nSPS) is 15.9. The maximum absolute atomic E-state index is 11.8. The SMILES string of the molecule is CC(CNc1nc(NC2CCCC2)ncc1[N+](=O)[O-])NC(=O)OC(C)(C)C. The molecule has 2 rings (SSSR count). The summed E-state index contributed by atoms with van der Waals surface area (Å²) < 4.78 is 5.19. The van der Waals surface area contributed by atoms with Crippen molar-refractivity contribution in [2.75, 3.05) is 17.2 Å². The van der Waals surface area contributed by atoms with E-state index in [0.717, 1.165) is 25.7 Å². The first-order chi connectivity index (χ1) is 12.6. The number of rotatable bonds is 7. The Morgan fingerprint density at radius 3 is 2.67 bits per heavy atom. The van der Waals surface area contributed by atoms with Gasteiger partial charge in [-0.1, -0.05) is 12.8 Å². The van der Waals surface area contributed by atoms with Crippen LogP contribution in [0.2, 0.25) is 0 Å². The summed E-state index contributed by atoms with van der Waals surface area (Å²) in [6.07, 6.45) is 5.05. The number of nitrogens with one attached hydrogen (secondary N) is 3. The minimum Gasteiger partial charge on any atom is -0.444 e. The molecule has 27 heavy (non-hydrogen) atoms. The van der Waals surface area contributed by atoms with Gasteiger partial charge in [0, 0.05) is 18.6 Å². The fourth-order valence-electron chi connectivity index (χ4n) is 2.77. The van der Waals surface area contributed by atoms with Crippen LogP contribution in [-0.2, 0) is 4.74 Å². The molecule has 1 aromatic heterocycles. The van der Waals surface area contributed by atoms with Gasteiger partial charge in [0.05, 0.1) is 4.92 Å². The molecule has 0 bridgehead atoms. The number of nitrogens with zero attached hydrogens (tertiary/aromatic N) is 3.